The van der Waals surface area contributed by atoms with Crippen LogP contribution in [-0.2, 0) is 6.42 Å². The van der Waals surface area contributed by atoms with Gasteiger partial charge >= 0.3 is 0 Å². The van der Waals surface area contributed by atoms with Crippen LogP contribution in [0.4, 0.5) is 10.1 Å². The lowest BCUT2D eigenvalue weighted by atomic mass is 9.95. The molecule has 0 amide bonds. The minimum atomic E-state index is -0.641. The van der Waals surface area contributed by atoms with E-state index in [2.05, 4.69) is 0 Å². The minimum Gasteiger partial charge on any atom is -0.388 e. The van der Waals surface area contributed by atoms with Crippen LogP contribution in [0.3, 0.4) is 0 Å². The number of non-ortho nitro benzene ring substituents is 1. The maximum Gasteiger partial charge on any atom is 0.274 e. The smallest absolute Gasteiger partial charge is 0.274 e. The van der Waals surface area contributed by atoms with E-state index >= 15 is 0 Å². The number of hydrogen-bond acceptors (Lipinski definition) is 3. The Morgan fingerprint density at radius 1 is 1.38 bits per heavy atom. The summed E-state index contributed by atoms with van der Waals surface area (Å²) in [7, 11) is 0. The maximum absolute atomic E-state index is 13.7. The van der Waals surface area contributed by atoms with Gasteiger partial charge in [0.1, 0.15) is 5.82 Å². The molecule has 1 aliphatic rings. The van der Waals surface area contributed by atoms with E-state index in [0.29, 0.717) is 12.1 Å². The van der Waals surface area contributed by atoms with Gasteiger partial charge in [-0.25, -0.2) is 4.39 Å². The van der Waals surface area contributed by atoms with Crippen molar-refractivity contribution in [1.29, 1.82) is 0 Å². The standard InChI is InChI=1S/C15H15FN2O3/c1-9-5-13-14(3-2-4-15(13)19)17(9)11-6-10(16)7-12(8-11)18(20)21/h5-8,15,19H,2-4H2,1H3. The third kappa shape index (κ3) is 2.31. The molecule has 1 aromatic carbocycles. The summed E-state index contributed by atoms with van der Waals surface area (Å²) in [6, 6.07) is 5.41. The number of aliphatic hydroxyl groups is 1. The summed E-state index contributed by atoms with van der Waals surface area (Å²) in [5.74, 6) is -0.641. The Balaban J connectivity index is 2.19. The third-order valence-corrected chi connectivity index (χ3v) is 3.91. The number of nitro benzene ring substituents is 1. The highest BCUT2D eigenvalue weighted by Gasteiger charge is 2.24. The first-order valence-corrected chi connectivity index (χ1v) is 6.82. The molecule has 1 heterocycles. The molecule has 1 aromatic heterocycles. The highest BCUT2D eigenvalue weighted by Crippen LogP contribution is 2.34. The fourth-order valence-corrected chi connectivity index (χ4v) is 3.03. The van der Waals surface area contributed by atoms with Crippen molar-refractivity contribution >= 4 is 5.69 Å². The summed E-state index contributed by atoms with van der Waals surface area (Å²) in [5, 5.41) is 20.9. The average molecular weight is 290 g/mol. The van der Waals surface area contributed by atoms with Crippen LogP contribution in [0.15, 0.2) is 24.3 Å². The molecular weight excluding hydrogens is 275 g/mol. The van der Waals surface area contributed by atoms with Gasteiger partial charge in [-0.15, -0.1) is 0 Å². The van der Waals surface area contributed by atoms with Gasteiger partial charge in [-0.05, 0) is 38.3 Å². The number of hydrogen-bond donors (Lipinski definition) is 1. The molecule has 0 spiro atoms. The van der Waals surface area contributed by atoms with Crippen LogP contribution in [0.5, 0.6) is 0 Å². The predicted octanol–water partition coefficient (Wildman–Crippen LogP) is 3.20. The van der Waals surface area contributed by atoms with E-state index in [1.165, 1.54) is 12.1 Å². The average Bonchev–Trinajstić information content (AvgIpc) is 2.75. The summed E-state index contributed by atoms with van der Waals surface area (Å²) in [6.45, 7) is 1.85. The molecule has 1 N–H and O–H groups in total. The van der Waals surface area contributed by atoms with Gasteiger partial charge in [0.25, 0.3) is 5.69 Å². The van der Waals surface area contributed by atoms with Crippen LogP contribution < -0.4 is 0 Å². The topological polar surface area (TPSA) is 68.3 Å². The quantitative estimate of drug-likeness (QED) is 0.682. The zero-order valence-electron chi connectivity index (χ0n) is 11.5. The summed E-state index contributed by atoms with van der Waals surface area (Å²) in [6.07, 6.45) is 1.80. The van der Waals surface area contributed by atoms with E-state index in [1.54, 1.807) is 4.57 Å². The van der Waals surface area contributed by atoms with Crippen molar-refractivity contribution in [2.24, 2.45) is 0 Å². The normalized spacial score (nSPS) is 17.6. The second kappa shape index (κ2) is 4.96. The van der Waals surface area contributed by atoms with E-state index in [0.717, 1.165) is 35.9 Å². The van der Waals surface area contributed by atoms with E-state index in [4.69, 9.17) is 0 Å². The summed E-state index contributed by atoms with van der Waals surface area (Å²) >= 11 is 0. The van der Waals surface area contributed by atoms with E-state index in [-0.39, 0.29) is 5.69 Å². The van der Waals surface area contributed by atoms with Crippen LogP contribution in [0.25, 0.3) is 5.69 Å². The highest BCUT2D eigenvalue weighted by atomic mass is 19.1. The Hall–Kier alpha value is -2.21. The molecule has 5 nitrogen and oxygen atoms in total. The van der Waals surface area contributed by atoms with Gasteiger partial charge in [0.05, 0.1) is 22.8 Å². The van der Waals surface area contributed by atoms with Gasteiger partial charge < -0.3 is 9.67 Å². The van der Waals surface area contributed by atoms with Crippen molar-refractivity contribution in [3.63, 3.8) is 0 Å². The molecule has 0 aliphatic heterocycles. The molecule has 21 heavy (non-hydrogen) atoms. The van der Waals surface area contributed by atoms with E-state index in [1.807, 2.05) is 13.0 Å². The fourth-order valence-electron chi connectivity index (χ4n) is 3.03. The Morgan fingerprint density at radius 2 is 2.14 bits per heavy atom. The Morgan fingerprint density at radius 3 is 2.86 bits per heavy atom. The zero-order chi connectivity index (χ0) is 15.1. The van der Waals surface area contributed by atoms with Crippen LogP contribution in [-0.4, -0.2) is 14.6 Å². The van der Waals surface area contributed by atoms with Crippen LogP contribution in [0.2, 0.25) is 0 Å². The number of rotatable bonds is 2. The number of benzene rings is 1. The Bertz CT molecular complexity index is 724. The molecule has 0 radical (unpaired) electrons. The lowest BCUT2D eigenvalue weighted by Gasteiger charge is -2.20. The first-order chi connectivity index (χ1) is 9.97. The van der Waals surface area contributed by atoms with E-state index < -0.39 is 16.8 Å². The predicted molar refractivity (Wildman–Crippen MR) is 75.0 cm³/mol. The number of aliphatic hydroxyl groups excluding tert-OH is 1. The fraction of sp³-hybridized carbons (Fsp3) is 0.333. The monoisotopic (exact) mass is 290 g/mol. The minimum absolute atomic E-state index is 0.275. The summed E-state index contributed by atoms with van der Waals surface area (Å²) in [4.78, 5) is 10.3. The van der Waals surface area contributed by atoms with Gasteiger partial charge in [-0.2, -0.15) is 0 Å². The number of nitro groups is 1. The SMILES string of the molecule is Cc1cc2c(n1-c1cc(F)cc([N+](=O)[O-])c1)CCCC2O. The van der Waals surface area contributed by atoms with Crippen molar-refractivity contribution in [3.05, 3.63) is 57.1 Å². The lowest BCUT2D eigenvalue weighted by molar-refractivity contribution is -0.385. The van der Waals surface area contributed by atoms with Crippen molar-refractivity contribution in [2.45, 2.75) is 32.3 Å². The number of aryl methyl sites for hydroxylation is 1. The highest BCUT2D eigenvalue weighted by molar-refractivity contribution is 5.48. The van der Waals surface area contributed by atoms with Gasteiger partial charge in [-0.1, -0.05) is 0 Å². The molecule has 1 aliphatic carbocycles. The van der Waals surface area contributed by atoms with Crippen molar-refractivity contribution in [2.75, 3.05) is 0 Å². The molecular formula is C15H15FN2O3. The molecule has 2 aromatic rings. The molecule has 1 unspecified atom stereocenters. The largest absolute Gasteiger partial charge is 0.388 e. The Kier molecular flexibility index (Phi) is 3.25. The van der Waals surface area contributed by atoms with Crippen LogP contribution in [0.1, 0.15) is 35.9 Å². The van der Waals surface area contributed by atoms with Crippen molar-refractivity contribution in [1.82, 2.24) is 4.57 Å². The molecule has 0 saturated carbocycles. The van der Waals surface area contributed by atoms with Crippen molar-refractivity contribution in [3.8, 4) is 5.69 Å². The zero-order valence-corrected chi connectivity index (χ0v) is 11.5. The second-order valence-corrected chi connectivity index (χ2v) is 5.36. The molecule has 1 atom stereocenters. The molecule has 0 fully saturated rings. The van der Waals surface area contributed by atoms with Gasteiger partial charge in [0, 0.05) is 23.0 Å². The molecule has 110 valence electrons. The molecule has 6 heteroatoms. The Labute approximate surface area is 120 Å². The van der Waals surface area contributed by atoms with Crippen LogP contribution >= 0.6 is 0 Å². The van der Waals surface area contributed by atoms with E-state index in [9.17, 15) is 19.6 Å². The molecule has 3 rings (SSSR count). The van der Waals surface area contributed by atoms with Gasteiger partial charge in [0.2, 0.25) is 0 Å². The van der Waals surface area contributed by atoms with Crippen LogP contribution in [0, 0.1) is 22.9 Å². The van der Waals surface area contributed by atoms with Gasteiger partial charge in [-0.3, -0.25) is 10.1 Å². The van der Waals surface area contributed by atoms with Gasteiger partial charge in [0.15, 0.2) is 0 Å². The number of halogens is 1. The lowest BCUT2D eigenvalue weighted by Crippen LogP contribution is -2.11. The summed E-state index contributed by atoms with van der Waals surface area (Å²) in [5.41, 5.74) is 2.73. The third-order valence-electron chi connectivity index (χ3n) is 3.91. The number of fused-ring (bicyclic) bond motifs is 1. The maximum atomic E-state index is 13.7. The number of aromatic nitrogens is 1. The first kappa shape index (κ1) is 13.8. The molecule has 0 bridgehead atoms. The summed E-state index contributed by atoms with van der Waals surface area (Å²) < 4.78 is 15.5. The number of nitrogens with zero attached hydrogens (tertiary/aromatic N) is 2. The first-order valence-electron chi connectivity index (χ1n) is 6.82. The molecule has 0 saturated heterocycles. The van der Waals surface area contributed by atoms with Crippen molar-refractivity contribution < 1.29 is 14.4 Å². The second-order valence-electron chi connectivity index (χ2n) is 5.36.